The molecule has 0 N–H and O–H groups in total. The first-order valence-electron chi connectivity index (χ1n) is 7.44. The zero-order chi connectivity index (χ0) is 16.7. The molecule has 5 heteroatoms. The van der Waals surface area contributed by atoms with Gasteiger partial charge < -0.3 is 0 Å². The van der Waals surface area contributed by atoms with Crippen LogP contribution in [0.4, 0.5) is 0 Å². The van der Waals surface area contributed by atoms with Crippen molar-refractivity contribution in [2.45, 2.75) is 30.7 Å². The molecule has 0 aliphatic carbocycles. The SMILES string of the molecule is CC1(C)CN(S(=O)(=O)c2ccccc2C#N)Cc2ccccc21. The third-order valence-electron chi connectivity index (χ3n) is 4.29. The van der Waals surface area contributed by atoms with Gasteiger partial charge in [0.2, 0.25) is 10.0 Å². The van der Waals surface area contributed by atoms with Crippen LogP contribution < -0.4 is 0 Å². The number of nitrogens with zero attached hydrogens (tertiary/aromatic N) is 2. The molecule has 118 valence electrons. The lowest BCUT2D eigenvalue weighted by atomic mass is 9.79. The highest BCUT2D eigenvalue weighted by molar-refractivity contribution is 7.89. The summed E-state index contributed by atoms with van der Waals surface area (Å²) in [6, 6.07) is 16.3. The standard InChI is InChI=1S/C18H18N2O2S/c1-18(2)13-20(12-15-8-3-5-9-16(15)18)23(21,22)17-10-6-4-7-14(17)11-19/h3-10H,12-13H2,1-2H3. The maximum absolute atomic E-state index is 13.0. The molecular weight excluding hydrogens is 308 g/mol. The summed E-state index contributed by atoms with van der Waals surface area (Å²) in [5.74, 6) is 0. The summed E-state index contributed by atoms with van der Waals surface area (Å²) in [7, 11) is -3.71. The summed E-state index contributed by atoms with van der Waals surface area (Å²) in [5, 5.41) is 9.21. The molecule has 0 unspecified atom stereocenters. The van der Waals surface area contributed by atoms with E-state index in [0.29, 0.717) is 13.1 Å². The van der Waals surface area contributed by atoms with Crippen LogP contribution in [0.25, 0.3) is 0 Å². The molecule has 0 bridgehead atoms. The van der Waals surface area contributed by atoms with Gasteiger partial charge in [0.25, 0.3) is 0 Å². The molecular formula is C18H18N2O2S. The third kappa shape index (κ3) is 2.65. The highest BCUT2D eigenvalue weighted by atomic mass is 32.2. The van der Waals surface area contributed by atoms with Crippen LogP contribution in [0.1, 0.15) is 30.5 Å². The van der Waals surface area contributed by atoms with E-state index in [4.69, 9.17) is 0 Å². The maximum Gasteiger partial charge on any atom is 0.244 e. The van der Waals surface area contributed by atoms with E-state index < -0.39 is 10.0 Å². The zero-order valence-corrected chi connectivity index (χ0v) is 14.0. The van der Waals surface area contributed by atoms with E-state index >= 15 is 0 Å². The van der Waals surface area contributed by atoms with Crippen molar-refractivity contribution in [1.82, 2.24) is 4.31 Å². The van der Waals surface area contributed by atoms with Crippen molar-refractivity contribution < 1.29 is 8.42 Å². The molecule has 0 saturated heterocycles. The van der Waals surface area contributed by atoms with E-state index in [2.05, 4.69) is 6.07 Å². The van der Waals surface area contributed by atoms with Crippen molar-refractivity contribution >= 4 is 10.0 Å². The molecule has 4 nitrogen and oxygen atoms in total. The van der Waals surface area contributed by atoms with Gasteiger partial charge in [-0.1, -0.05) is 50.2 Å². The lowest BCUT2D eigenvalue weighted by Crippen LogP contribution is -2.45. The predicted octanol–water partition coefficient (Wildman–Crippen LogP) is 3.04. The Morgan fingerprint density at radius 3 is 2.48 bits per heavy atom. The minimum Gasteiger partial charge on any atom is -0.207 e. The van der Waals surface area contributed by atoms with Crippen molar-refractivity contribution in [2.75, 3.05) is 6.54 Å². The molecule has 1 aliphatic heterocycles. The number of nitriles is 1. The van der Waals surface area contributed by atoms with Gasteiger partial charge in [0, 0.05) is 18.5 Å². The largest absolute Gasteiger partial charge is 0.244 e. The summed E-state index contributed by atoms with van der Waals surface area (Å²) in [4.78, 5) is 0.0812. The number of hydrogen-bond acceptors (Lipinski definition) is 3. The Bertz CT molecular complexity index is 895. The van der Waals surface area contributed by atoms with Crippen LogP contribution in [-0.2, 0) is 22.0 Å². The Hall–Kier alpha value is -2.16. The smallest absolute Gasteiger partial charge is 0.207 e. The molecule has 0 atom stereocenters. The molecule has 0 saturated carbocycles. The monoisotopic (exact) mass is 326 g/mol. The highest BCUT2D eigenvalue weighted by Gasteiger charge is 2.38. The van der Waals surface area contributed by atoms with Crippen LogP contribution >= 0.6 is 0 Å². The Kier molecular flexibility index (Phi) is 3.75. The first kappa shape index (κ1) is 15.7. The fourth-order valence-electron chi connectivity index (χ4n) is 3.18. The fourth-order valence-corrected chi connectivity index (χ4v) is 4.91. The second-order valence-corrected chi connectivity index (χ2v) is 8.33. The van der Waals surface area contributed by atoms with Crippen LogP contribution in [0.2, 0.25) is 0 Å². The molecule has 3 rings (SSSR count). The van der Waals surface area contributed by atoms with Crippen molar-refractivity contribution in [1.29, 1.82) is 5.26 Å². The summed E-state index contributed by atoms with van der Waals surface area (Å²) < 4.78 is 27.6. The minimum atomic E-state index is -3.71. The number of rotatable bonds is 2. The molecule has 1 heterocycles. The number of fused-ring (bicyclic) bond motifs is 1. The van der Waals surface area contributed by atoms with Crippen LogP contribution in [0.5, 0.6) is 0 Å². The molecule has 0 amide bonds. The summed E-state index contributed by atoms with van der Waals surface area (Å²) in [6.07, 6.45) is 0. The van der Waals surface area contributed by atoms with Gasteiger partial charge in [-0.2, -0.15) is 9.57 Å². The lowest BCUT2D eigenvalue weighted by molar-refractivity contribution is 0.300. The number of sulfonamides is 1. The van der Waals surface area contributed by atoms with Crippen LogP contribution in [-0.4, -0.2) is 19.3 Å². The lowest BCUT2D eigenvalue weighted by Gasteiger charge is -2.39. The molecule has 0 radical (unpaired) electrons. The third-order valence-corrected chi connectivity index (χ3v) is 6.14. The van der Waals surface area contributed by atoms with Crippen LogP contribution in [0.15, 0.2) is 53.4 Å². The summed E-state index contributed by atoms with van der Waals surface area (Å²) >= 11 is 0. The van der Waals surface area contributed by atoms with Gasteiger partial charge in [0.15, 0.2) is 0 Å². The highest BCUT2D eigenvalue weighted by Crippen LogP contribution is 2.36. The predicted molar refractivity (Wildman–Crippen MR) is 88.2 cm³/mol. The molecule has 1 aliphatic rings. The van der Waals surface area contributed by atoms with Crippen LogP contribution in [0.3, 0.4) is 0 Å². The number of hydrogen-bond donors (Lipinski definition) is 0. The summed E-state index contributed by atoms with van der Waals surface area (Å²) in [5.41, 5.74) is 2.11. The average molecular weight is 326 g/mol. The van der Waals surface area contributed by atoms with Gasteiger partial charge >= 0.3 is 0 Å². The average Bonchev–Trinajstić information content (AvgIpc) is 2.54. The quantitative estimate of drug-likeness (QED) is 0.852. The Labute approximate surface area is 137 Å². The molecule has 0 aromatic heterocycles. The number of benzene rings is 2. The van der Waals surface area contributed by atoms with Gasteiger partial charge in [-0.15, -0.1) is 0 Å². The van der Waals surface area contributed by atoms with Gasteiger partial charge in [0.1, 0.15) is 6.07 Å². The van der Waals surface area contributed by atoms with E-state index in [-0.39, 0.29) is 15.9 Å². The molecule has 2 aromatic rings. The normalized spacial score (nSPS) is 17.3. The fraction of sp³-hybridized carbons (Fsp3) is 0.278. The zero-order valence-electron chi connectivity index (χ0n) is 13.2. The Balaban J connectivity index is 2.08. The molecule has 23 heavy (non-hydrogen) atoms. The van der Waals surface area contributed by atoms with E-state index in [1.54, 1.807) is 12.1 Å². The van der Waals surface area contributed by atoms with Crippen molar-refractivity contribution in [3.63, 3.8) is 0 Å². The van der Waals surface area contributed by atoms with Gasteiger partial charge in [-0.3, -0.25) is 0 Å². The summed E-state index contributed by atoms with van der Waals surface area (Å²) in [6.45, 7) is 4.82. The van der Waals surface area contributed by atoms with Gasteiger partial charge in [-0.25, -0.2) is 8.42 Å². The molecule has 0 spiro atoms. The topological polar surface area (TPSA) is 61.2 Å². The van der Waals surface area contributed by atoms with E-state index in [1.807, 2.05) is 38.1 Å². The molecule has 2 aromatic carbocycles. The van der Waals surface area contributed by atoms with Crippen molar-refractivity contribution in [3.8, 4) is 6.07 Å². The van der Waals surface area contributed by atoms with E-state index in [1.165, 1.54) is 22.0 Å². The minimum absolute atomic E-state index is 0.0812. The molecule has 0 fully saturated rings. The second kappa shape index (κ2) is 5.48. The van der Waals surface area contributed by atoms with Crippen molar-refractivity contribution in [2.24, 2.45) is 0 Å². The van der Waals surface area contributed by atoms with Crippen LogP contribution in [0, 0.1) is 11.3 Å². The van der Waals surface area contributed by atoms with Crippen molar-refractivity contribution in [3.05, 3.63) is 65.2 Å². The van der Waals surface area contributed by atoms with E-state index in [9.17, 15) is 13.7 Å². The first-order valence-corrected chi connectivity index (χ1v) is 8.88. The van der Waals surface area contributed by atoms with Gasteiger partial charge in [0.05, 0.1) is 10.5 Å². The van der Waals surface area contributed by atoms with Gasteiger partial charge in [-0.05, 0) is 23.3 Å². The maximum atomic E-state index is 13.0. The second-order valence-electron chi connectivity index (χ2n) is 6.42. The van der Waals surface area contributed by atoms with E-state index in [0.717, 1.165) is 5.56 Å². The Morgan fingerprint density at radius 1 is 1.09 bits per heavy atom. The Morgan fingerprint density at radius 2 is 1.74 bits per heavy atom. The first-order chi connectivity index (χ1) is 10.9.